The topological polar surface area (TPSA) is 39.7 Å². The van der Waals surface area contributed by atoms with Crippen molar-refractivity contribution in [2.24, 2.45) is 5.92 Å². The predicted molar refractivity (Wildman–Crippen MR) is 86.5 cm³/mol. The van der Waals surface area contributed by atoms with E-state index in [0.717, 1.165) is 36.6 Å². The van der Waals surface area contributed by atoms with Crippen LogP contribution in [0.1, 0.15) is 39.2 Å². The van der Waals surface area contributed by atoms with E-state index < -0.39 is 0 Å². The fourth-order valence-corrected chi connectivity index (χ4v) is 2.25. The van der Waals surface area contributed by atoms with Crippen LogP contribution in [0.15, 0.2) is 12.1 Å². The Bertz CT molecular complexity index is 395. The van der Waals surface area contributed by atoms with Gasteiger partial charge in [0, 0.05) is 6.54 Å². The summed E-state index contributed by atoms with van der Waals surface area (Å²) in [4.78, 5) is 0. The quantitative estimate of drug-likeness (QED) is 0.715. The van der Waals surface area contributed by atoms with E-state index in [1.54, 1.807) is 14.2 Å². The molecule has 0 aliphatic heterocycles. The van der Waals surface area contributed by atoms with Crippen LogP contribution in [0.3, 0.4) is 0 Å². The van der Waals surface area contributed by atoms with Gasteiger partial charge in [-0.3, -0.25) is 0 Å². The second-order valence-electron chi connectivity index (χ2n) is 5.31. The molecule has 0 fully saturated rings. The zero-order chi connectivity index (χ0) is 15.7. The molecule has 4 nitrogen and oxygen atoms in total. The number of benzene rings is 1. The van der Waals surface area contributed by atoms with Gasteiger partial charge in [0.15, 0.2) is 11.5 Å². The van der Waals surface area contributed by atoms with Gasteiger partial charge in [0.2, 0.25) is 5.75 Å². The maximum atomic E-state index is 5.95. The molecule has 0 saturated carbocycles. The van der Waals surface area contributed by atoms with Gasteiger partial charge in [-0.05, 0) is 36.6 Å². The van der Waals surface area contributed by atoms with Gasteiger partial charge in [0.25, 0.3) is 0 Å². The van der Waals surface area contributed by atoms with Crippen LogP contribution in [-0.2, 0) is 6.54 Å². The van der Waals surface area contributed by atoms with Gasteiger partial charge in [0.1, 0.15) is 0 Å². The van der Waals surface area contributed by atoms with Crippen molar-refractivity contribution in [3.8, 4) is 17.2 Å². The summed E-state index contributed by atoms with van der Waals surface area (Å²) in [7, 11) is 3.32. The molecule has 1 aromatic carbocycles. The van der Waals surface area contributed by atoms with Gasteiger partial charge < -0.3 is 19.5 Å². The third-order valence-electron chi connectivity index (χ3n) is 3.39. The van der Waals surface area contributed by atoms with Crippen LogP contribution < -0.4 is 19.5 Å². The van der Waals surface area contributed by atoms with Gasteiger partial charge in [-0.2, -0.15) is 0 Å². The summed E-state index contributed by atoms with van der Waals surface area (Å²) in [5, 5.41) is 3.30. The lowest BCUT2D eigenvalue weighted by Gasteiger charge is -2.18. The summed E-state index contributed by atoms with van der Waals surface area (Å²) >= 11 is 0. The fraction of sp³-hybridized carbons (Fsp3) is 0.647. The molecule has 1 rings (SSSR count). The summed E-state index contributed by atoms with van der Waals surface area (Å²) in [5.74, 6) is 2.67. The number of methoxy groups -OCH3 is 2. The summed E-state index contributed by atoms with van der Waals surface area (Å²) in [6.45, 7) is 8.86. The second-order valence-corrected chi connectivity index (χ2v) is 5.31. The van der Waals surface area contributed by atoms with Crippen molar-refractivity contribution in [2.45, 2.75) is 40.2 Å². The van der Waals surface area contributed by atoms with Gasteiger partial charge in [-0.25, -0.2) is 0 Å². The van der Waals surface area contributed by atoms with Crippen LogP contribution in [0, 0.1) is 5.92 Å². The molecule has 0 bridgehead atoms. The van der Waals surface area contributed by atoms with Crippen LogP contribution >= 0.6 is 0 Å². The van der Waals surface area contributed by atoms with Crippen LogP contribution in [0.2, 0.25) is 0 Å². The highest BCUT2D eigenvalue weighted by atomic mass is 16.5. The van der Waals surface area contributed by atoms with Crippen LogP contribution in [0.4, 0.5) is 0 Å². The first-order chi connectivity index (χ1) is 10.2. The van der Waals surface area contributed by atoms with Gasteiger partial charge in [-0.1, -0.05) is 27.2 Å². The smallest absolute Gasteiger partial charge is 0.203 e. The third-order valence-corrected chi connectivity index (χ3v) is 3.39. The number of ether oxygens (including phenoxy) is 3. The summed E-state index contributed by atoms with van der Waals surface area (Å²) < 4.78 is 16.9. The lowest BCUT2D eigenvalue weighted by molar-refractivity contribution is 0.229. The molecule has 1 aromatic rings. The molecule has 0 spiro atoms. The Balaban J connectivity index is 2.89. The minimum absolute atomic E-state index is 0.519. The van der Waals surface area contributed by atoms with Crippen LogP contribution in [0.5, 0.6) is 17.2 Å². The molecule has 1 atom stereocenters. The van der Waals surface area contributed by atoms with Crippen molar-refractivity contribution in [1.29, 1.82) is 0 Å². The van der Waals surface area contributed by atoms with E-state index in [1.165, 1.54) is 6.42 Å². The molecule has 0 saturated heterocycles. The van der Waals surface area contributed by atoms with E-state index >= 15 is 0 Å². The average molecular weight is 295 g/mol. The lowest BCUT2D eigenvalue weighted by atomic mass is 10.1. The Kier molecular flexibility index (Phi) is 7.98. The standard InChI is InChI=1S/C17H29NO3/c1-6-8-13(3)12-21-17-15(19-4)9-14(11-18-7-2)10-16(17)20-5/h9-10,13,18H,6-8,11-12H2,1-5H3. The van der Waals surface area contributed by atoms with Gasteiger partial charge in [-0.15, -0.1) is 0 Å². The van der Waals surface area contributed by atoms with Crippen molar-refractivity contribution in [2.75, 3.05) is 27.4 Å². The Labute approximate surface area is 128 Å². The highest BCUT2D eigenvalue weighted by molar-refractivity contribution is 5.53. The normalized spacial score (nSPS) is 12.0. The first kappa shape index (κ1) is 17.6. The first-order valence-electron chi connectivity index (χ1n) is 7.74. The number of rotatable bonds is 10. The maximum Gasteiger partial charge on any atom is 0.203 e. The minimum atomic E-state index is 0.519. The van der Waals surface area contributed by atoms with Crippen molar-refractivity contribution < 1.29 is 14.2 Å². The largest absolute Gasteiger partial charge is 0.493 e. The molecular formula is C17H29NO3. The van der Waals surface area contributed by atoms with Crippen molar-refractivity contribution in [1.82, 2.24) is 5.32 Å². The second kappa shape index (κ2) is 9.50. The Morgan fingerprint density at radius 2 is 1.71 bits per heavy atom. The monoisotopic (exact) mass is 295 g/mol. The molecule has 0 heterocycles. The van der Waals surface area contributed by atoms with E-state index in [1.807, 2.05) is 12.1 Å². The fourth-order valence-electron chi connectivity index (χ4n) is 2.25. The molecule has 0 aliphatic rings. The highest BCUT2D eigenvalue weighted by Gasteiger charge is 2.15. The van der Waals surface area contributed by atoms with E-state index in [-0.39, 0.29) is 0 Å². The number of nitrogens with one attached hydrogen (secondary N) is 1. The molecule has 0 radical (unpaired) electrons. The van der Waals surface area contributed by atoms with Crippen molar-refractivity contribution in [3.63, 3.8) is 0 Å². The molecule has 120 valence electrons. The average Bonchev–Trinajstić information content (AvgIpc) is 2.50. The molecule has 0 aliphatic carbocycles. The van der Waals surface area contributed by atoms with Crippen molar-refractivity contribution >= 4 is 0 Å². The summed E-state index contributed by atoms with van der Waals surface area (Å²) in [5.41, 5.74) is 1.12. The lowest BCUT2D eigenvalue weighted by Crippen LogP contribution is -2.13. The van der Waals surface area contributed by atoms with Crippen LogP contribution in [0.25, 0.3) is 0 Å². The molecule has 21 heavy (non-hydrogen) atoms. The molecule has 1 unspecified atom stereocenters. The molecular weight excluding hydrogens is 266 g/mol. The number of hydrogen-bond acceptors (Lipinski definition) is 4. The zero-order valence-corrected chi connectivity index (χ0v) is 14.0. The summed E-state index contributed by atoms with van der Waals surface area (Å²) in [6, 6.07) is 4.01. The molecule has 1 N–H and O–H groups in total. The van der Waals surface area contributed by atoms with Crippen LogP contribution in [-0.4, -0.2) is 27.4 Å². The predicted octanol–water partition coefficient (Wildman–Crippen LogP) is 3.63. The van der Waals surface area contributed by atoms with Gasteiger partial charge in [0.05, 0.1) is 20.8 Å². The SMILES string of the molecule is CCCC(C)COc1c(OC)cc(CNCC)cc1OC. The molecule has 0 aromatic heterocycles. The first-order valence-corrected chi connectivity index (χ1v) is 7.74. The summed E-state index contributed by atoms with van der Waals surface area (Å²) in [6.07, 6.45) is 2.32. The Morgan fingerprint density at radius 3 is 2.19 bits per heavy atom. The Hall–Kier alpha value is -1.42. The molecule has 4 heteroatoms. The van der Waals surface area contributed by atoms with Crippen molar-refractivity contribution in [3.05, 3.63) is 17.7 Å². The van der Waals surface area contributed by atoms with E-state index in [9.17, 15) is 0 Å². The number of hydrogen-bond donors (Lipinski definition) is 1. The highest BCUT2D eigenvalue weighted by Crippen LogP contribution is 2.39. The van der Waals surface area contributed by atoms with Gasteiger partial charge >= 0.3 is 0 Å². The maximum absolute atomic E-state index is 5.95. The minimum Gasteiger partial charge on any atom is -0.493 e. The Morgan fingerprint density at radius 1 is 1.10 bits per heavy atom. The third kappa shape index (κ3) is 5.46. The van der Waals surface area contributed by atoms with E-state index in [4.69, 9.17) is 14.2 Å². The zero-order valence-electron chi connectivity index (χ0n) is 14.0. The van der Waals surface area contributed by atoms with E-state index in [0.29, 0.717) is 18.3 Å². The van der Waals surface area contributed by atoms with E-state index in [2.05, 4.69) is 26.1 Å². The molecule has 0 amide bonds.